The van der Waals surface area contributed by atoms with Gasteiger partial charge >= 0.3 is 6.09 Å². The summed E-state index contributed by atoms with van der Waals surface area (Å²) in [6.45, 7) is 7.43. The Hall–Kier alpha value is -1.84. The van der Waals surface area contributed by atoms with E-state index >= 15 is 0 Å². The monoisotopic (exact) mass is 277 g/mol. The molecule has 1 N–H and O–H groups in total. The highest BCUT2D eigenvalue weighted by Gasteiger charge is 2.19. The van der Waals surface area contributed by atoms with Crippen LogP contribution in [0.15, 0.2) is 24.3 Å². The van der Waals surface area contributed by atoms with Crippen LogP contribution in [0.5, 0.6) is 0 Å². The fraction of sp³-hybridized carbons (Fsp3) is 0.500. The molecule has 0 saturated heterocycles. The van der Waals surface area contributed by atoms with Crippen molar-refractivity contribution in [2.75, 3.05) is 0 Å². The summed E-state index contributed by atoms with van der Waals surface area (Å²) in [6.07, 6.45) is 1.58. The molecule has 0 bridgehead atoms. The average Bonchev–Trinajstić information content (AvgIpc) is 2.36. The maximum Gasteiger partial charge on any atom is 0.408 e. The van der Waals surface area contributed by atoms with Gasteiger partial charge in [0, 0.05) is 0 Å². The van der Waals surface area contributed by atoms with Crippen molar-refractivity contribution in [1.82, 2.24) is 5.32 Å². The Morgan fingerprint density at radius 1 is 1.35 bits per heavy atom. The number of ether oxygens (including phenoxy) is 1. The van der Waals surface area contributed by atoms with Crippen LogP contribution in [0.25, 0.3) is 0 Å². The van der Waals surface area contributed by atoms with E-state index in [9.17, 15) is 9.59 Å². The maximum atomic E-state index is 11.6. The van der Waals surface area contributed by atoms with Gasteiger partial charge < -0.3 is 14.8 Å². The molecular weight excluding hydrogens is 254 g/mol. The Morgan fingerprint density at radius 2 is 2.00 bits per heavy atom. The average molecular weight is 277 g/mol. The van der Waals surface area contributed by atoms with Crippen LogP contribution in [-0.2, 0) is 22.4 Å². The van der Waals surface area contributed by atoms with Crippen LogP contribution in [0.2, 0.25) is 0 Å². The SMILES string of the molecule is CCc1cccc(CC(C=O)NC(=O)OC(C)(C)C)c1. The Labute approximate surface area is 120 Å². The van der Waals surface area contributed by atoms with E-state index in [-0.39, 0.29) is 0 Å². The third-order valence-corrected chi connectivity index (χ3v) is 2.72. The van der Waals surface area contributed by atoms with Crippen LogP contribution in [0, 0.1) is 0 Å². The first kappa shape index (κ1) is 16.2. The summed E-state index contributed by atoms with van der Waals surface area (Å²) in [5, 5.41) is 2.58. The van der Waals surface area contributed by atoms with Crippen LogP contribution >= 0.6 is 0 Å². The normalized spacial score (nSPS) is 12.6. The van der Waals surface area contributed by atoms with E-state index in [1.807, 2.05) is 24.3 Å². The van der Waals surface area contributed by atoms with Gasteiger partial charge in [-0.3, -0.25) is 0 Å². The molecular formula is C16H23NO3. The smallest absolute Gasteiger partial charge is 0.408 e. The summed E-state index contributed by atoms with van der Waals surface area (Å²) in [4.78, 5) is 22.7. The molecule has 1 aromatic rings. The highest BCUT2D eigenvalue weighted by atomic mass is 16.6. The number of aldehydes is 1. The molecule has 0 fully saturated rings. The molecule has 20 heavy (non-hydrogen) atoms. The van der Waals surface area contributed by atoms with Gasteiger partial charge in [-0.05, 0) is 44.7 Å². The second kappa shape index (κ2) is 7.08. The number of alkyl carbamates (subject to hydrolysis) is 1. The molecule has 0 saturated carbocycles. The first-order valence-electron chi connectivity index (χ1n) is 6.86. The van der Waals surface area contributed by atoms with Crippen molar-refractivity contribution < 1.29 is 14.3 Å². The molecule has 1 atom stereocenters. The minimum Gasteiger partial charge on any atom is -0.444 e. The topological polar surface area (TPSA) is 55.4 Å². The zero-order valence-corrected chi connectivity index (χ0v) is 12.6. The molecule has 0 aliphatic heterocycles. The summed E-state index contributed by atoms with van der Waals surface area (Å²) in [5.41, 5.74) is 1.67. The first-order valence-corrected chi connectivity index (χ1v) is 6.86. The second-order valence-electron chi connectivity index (χ2n) is 5.77. The summed E-state index contributed by atoms with van der Waals surface area (Å²) in [5.74, 6) is 0. The largest absolute Gasteiger partial charge is 0.444 e. The Kier molecular flexibility index (Phi) is 5.74. The molecule has 1 amide bonds. The molecule has 0 radical (unpaired) electrons. The molecule has 0 heterocycles. The molecule has 1 aromatic carbocycles. The zero-order valence-electron chi connectivity index (χ0n) is 12.6. The fourth-order valence-electron chi connectivity index (χ4n) is 1.82. The first-order chi connectivity index (χ1) is 9.34. The van der Waals surface area contributed by atoms with E-state index in [0.717, 1.165) is 18.3 Å². The summed E-state index contributed by atoms with van der Waals surface area (Å²) in [6, 6.07) is 7.43. The molecule has 0 spiro atoms. The van der Waals surface area contributed by atoms with Crippen molar-refractivity contribution in [3.05, 3.63) is 35.4 Å². The van der Waals surface area contributed by atoms with Gasteiger partial charge in [-0.25, -0.2) is 4.79 Å². The third-order valence-electron chi connectivity index (χ3n) is 2.72. The minimum atomic E-state index is -0.572. The lowest BCUT2D eigenvalue weighted by molar-refractivity contribution is -0.109. The Bertz CT molecular complexity index is 463. The van der Waals surface area contributed by atoms with Crippen molar-refractivity contribution in [2.45, 2.75) is 52.2 Å². The fourth-order valence-corrected chi connectivity index (χ4v) is 1.82. The lowest BCUT2D eigenvalue weighted by Gasteiger charge is -2.21. The van der Waals surface area contributed by atoms with Crippen molar-refractivity contribution in [3.8, 4) is 0 Å². The van der Waals surface area contributed by atoms with E-state index in [0.29, 0.717) is 6.42 Å². The van der Waals surface area contributed by atoms with Crippen molar-refractivity contribution >= 4 is 12.4 Å². The van der Waals surface area contributed by atoms with Gasteiger partial charge in [-0.1, -0.05) is 31.2 Å². The molecule has 0 aliphatic rings. The highest BCUT2D eigenvalue weighted by Crippen LogP contribution is 2.10. The van der Waals surface area contributed by atoms with Crippen LogP contribution < -0.4 is 5.32 Å². The molecule has 4 heteroatoms. The number of aryl methyl sites for hydroxylation is 1. The number of amides is 1. The lowest BCUT2D eigenvalue weighted by atomic mass is 10.0. The third kappa shape index (κ3) is 5.87. The number of hydrogen-bond donors (Lipinski definition) is 1. The van der Waals surface area contributed by atoms with Gasteiger partial charge in [0.2, 0.25) is 0 Å². The Morgan fingerprint density at radius 3 is 2.55 bits per heavy atom. The van der Waals surface area contributed by atoms with Gasteiger partial charge in [0.1, 0.15) is 11.9 Å². The van der Waals surface area contributed by atoms with Crippen molar-refractivity contribution in [3.63, 3.8) is 0 Å². The second-order valence-corrected chi connectivity index (χ2v) is 5.77. The van der Waals surface area contributed by atoms with Gasteiger partial charge in [0.25, 0.3) is 0 Å². The Balaban J connectivity index is 2.63. The maximum absolute atomic E-state index is 11.6. The number of rotatable bonds is 5. The van der Waals surface area contributed by atoms with Gasteiger partial charge in [-0.15, -0.1) is 0 Å². The standard InChI is InChI=1S/C16H23NO3/c1-5-12-7-6-8-13(9-12)10-14(11-18)17-15(19)20-16(2,3)4/h6-9,11,14H,5,10H2,1-4H3,(H,17,19). The number of nitrogens with one attached hydrogen (secondary N) is 1. The van der Waals surface area contributed by atoms with Gasteiger partial charge in [0.05, 0.1) is 6.04 Å². The number of hydrogen-bond acceptors (Lipinski definition) is 3. The van der Waals surface area contributed by atoms with Gasteiger partial charge in [0.15, 0.2) is 0 Å². The van der Waals surface area contributed by atoms with E-state index in [4.69, 9.17) is 4.74 Å². The van der Waals surface area contributed by atoms with E-state index in [2.05, 4.69) is 12.2 Å². The quantitative estimate of drug-likeness (QED) is 0.842. The van der Waals surface area contributed by atoms with Crippen LogP contribution in [0.4, 0.5) is 4.79 Å². The van der Waals surface area contributed by atoms with E-state index < -0.39 is 17.7 Å². The number of benzene rings is 1. The van der Waals surface area contributed by atoms with Crippen molar-refractivity contribution in [2.24, 2.45) is 0 Å². The summed E-state index contributed by atoms with van der Waals surface area (Å²) >= 11 is 0. The summed E-state index contributed by atoms with van der Waals surface area (Å²) < 4.78 is 5.14. The highest BCUT2D eigenvalue weighted by molar-refractivity contribution is 5.73. The molecule has 110 valence electrons. The van der Waals surface area contributed by atoms with Crippen LogP contribution in [-0.4, -0.2) is 24.0 Å². The zero-order chi connectivity index (χ0) is 15.2. The van der Waals surface area contributed by atoms with Gasteiger partial charge in [-0.2, -0.15) is 0 Å². The molecule has 1 unspecified atom stereocenters. The molecule has 4 nitrogen and oxygen atoms in total. The van der Waals surface area contributed by atoms with E-state index in [1.54, 1.807) is 20.8 Å². The number of carbonyl (C=O) groups excluding carboxylic acids is 2. The molecule has 1 rings (SSSR count). The predicted molar refractivity (Wildman–Crippen MR) is 78.7 cm³/mol. The number of carbonyl (C=O) groups is 2. The minimum absolute atomic E-state index is 0.469. The molecule has 0 aromatic heterocycles. The van der Waals surface area contributed by atoms with Crippen LogP contribution in [0.1, 0.15) is 38.8 Å². The van der Waals surface area contributed by atoms with Crippen molar-refractivity contribution in [1.29, 1.82) is 0 Å². The van der Waals surface area contributed by atoms with Crippen LogP contribution in [0.3, 0.4) is 0 Å². The predicted octanol–water partition coefficient (Wildman–Crippen LogP) is 2.88. The van der Waals surface area contributed by atoms with E-state index in [1.165, 1.54) is 5.56 Å². The molecule has 0 aliphatic carbocycles. The lowest BCUT2D eigenvalue weighted by Crippen LogP contribution is -2.41. The summed E-state index contributed by atoms with van der Waals surface area (Å²) in [7, 11) is 0.